The van der Waals surface area contributed by atoms with Crippen molar-refractivity contribution in [3.8, 4) is 5.69 Å². The van der Waals surface area contributed by atoms with Gasteiger partial charge >= 0.3 is 0 Å². The maximum absolute atomic E-state index is 12.1. The van der Waals surface area contributed by atoms with Crippen molar-refractivity contribution in [2.24, 2.45) is 11.8 Å². The topological polar surface area (TPSA) is 52.0 Å². The van der Waals surface area contributed by atoms with Gasteiger partial charge in [0.15, 0.2) is 20.1 Å². The Kier molecular flexibility index (Phi) is 7.11. The van der Waals surface area contributed by atoms with Gasteiger partial charge in [-0.25, -0.2) is 13.4 Å². The van der Waals surface area contributed by atoms with Crippen LogP contribution in [0.2, 0.25) is 10.3 Å². The van der Waals surface area contributed by atoms with Gasteiger partial charge in [0.25, 0.3) is 0 Å². The molecule has 0 bridgehead atoms. The Morgan fingerprint density at radius 3 is 2.21 bits per heavy atom. The Labute approximate surface area is 178 Å². The third-order valence-electron chi connectivity index (χ3n) is 5.88. The van der Waals surface area contributed by atoms with E-state index in [0.717, 1.165) is 44.2 Å². The molecule has 2 aromatic rings. The van der Waals surface area contributed by atoms with Crippen molar-refractivity contribution in [2.45, 2.75) is 57.6 Å². The summed E-state index contributed by atoms with van der Waals surface area (Å²) in [6.45, 7) is 3.56. The van der Waals surface area contributed by atoms with Crippen molar-refractivity contribution < 1.29 is 8.42 Å². The van der Waals surface area contributed by atoms with Gasteiger partial charge in [0.05, 0.1) is 11.0 Å². The van der Waals surface area contributed by atoms with Crippen molar-refractivity contribution in [1.82, 2.24) is 9.55 Å². The summed E-state index contributed by atoms with van der Waals surface area (Å²) in [5.41, 5.74) is 2.25. The lowest BCUT2D eigenvalue weighted by Crippen LogP contribution is -2.26. The molecule has 3 rings (SSSR count). The van der Waals surface area contributed by atoms with Crippen molar-refractivity contribution in [1.29, 1.82) is 0 Å². The van der Waals surface area contributed by atoms with Gasteiger partial charge in [-0.3, -0.25) is 4.57 Å². The van der Waals surface area contributed by atoms with E-state index in [0.29, 0.717) is 27.9 Å². The molecule has 1 aliphatic carbocycles. The molecule has 4 nitrogen and oxygen atoms in total. The summed E-state index contributed by atoms with van der Waals surface area (Å²) in [5, 5.41) is 0.467. The lowest BCUT2D eigenvalue weighted by molar-refractivity contribution is 0.278. The van der Waals surface area contributed by atoms with Gasteiger partial charge in [0.1, 0.15) is 6.33 Å². The van der Waals surface area contributed by atoms with Crippen LogP contribution in [0, 0.1) is 11.8 Å². The maximum Gasteiger partial charge on any atom is 0.166 e. The number of hydrogen-bond acceptors (Lipinski definition) is 3. The molecule has 0 aliphatic heterocycles. The van der Waals surface area contributed by atoms with Gasteiger partial charge < -0.3 is 0 Å². The monoisotopic (exact) mass is 442 g/mol. The number of benzene rings is 1. The predicted octanol–water partition coefficient (Wildman–Crippen LogP) is 5.74. The first kappa shape index (κ1) is 21.7. The Balaban J connectivity index is 1.47. The van der Waals surface area contributed by atoms with Crippen molar-refractivity contribution in [3.63, 3.8) is 0 Å². The minimum atomic E-state index is -2.92. The lowest BCUT2D eigenvalue weighted by Gasteiger charge is -2.28. The van der Waals surface area contributed by atoms with E-state index in [1.807, 2.05) is 12.1 Å². The van der Waals surface area contributed by atoms with Crippen LogP contribution in [0.5, 0.6) is 0 Å². The summed E-state index contributed by atoms with van der Waals surface area (Å²) in [4.78, 5) is 4.01. The van der Waals surface area contributed by atoms with Crippen LogP contribution in [0.4, 0.5) is 0 Å². The Hall–Kier alpha value is -1.04. The number of aryl methyl sites for hydroxylation is 1. The summed E-state index contributed by atoms with van der Waals surface area (Å²) in [6, 6.07) is 8.32. The van der Waals surface area contributed by atoms with Gasteiger partial charge in [-0.1, -0.05) is 48.2 Å². The molecule has 0 unspecified atom stereocenters. The Morgan fingerprint density at radius 2 is 1.68 bits per heavy atom. The fraction of sp³-hybridized carbons (Fsp3) is 0.571. The van der Waals surface area contributed by atoms with Crippen LogP contribution < -0.4 is 0 Å². The van der Waals surface area contributed by atoms with Crippen LogP contribution in [0.1, 0.15) is 51.5 Å². The minimum absolute atomic E-state index is 0.263. The number of nitrogens with zero attached hydrogens (tertiary/aromatic N) is 2. The number of hydrogen-bond donors (Lipinski definition) is 0. The molecular formula is C21H28Cl2N2O2S. The number of imidazole rings is 1. The van der Waals surface area contributed by atoms with E-state index in [1.165, 1.54) is 5.56 Å². The highest BCUT2D eigenvalue weighted by atomic mass is 35.5. The third kappa shape index (κ3) is 5.31. The highest BCUT2D eigenvalue weighted by Crippen LogP contribution is 2.33. The summed E-state index contributed by atoms with van der Waals surface area (Å²) < 4.78 is 26.0. The highest BCUT2D eigenvalue weighted by molar-refractivity contribution is 7.91. The molecule has 7 heteroatoms. The molecule has 0 radical (unpaired) electrons. The molecule has 28 heavy (non-hydrogen) atoms. The first-order valence-electron chi connectivity index (χ1n) is 9.95. The molecule has 1 aromatic carbocycles. The minimum Gasteiger partial charge on any atom is -0.288 e. The van der Waals surface area contributed by atoms with Crippen molar-refractivity contribution in [3.05, 3.63) is 46.5 Å². The van der Waals surface area contributed by atoms with E-state index in [-0.39, 0.29) is 5.25 Å². The number of rotatable bonds is 7. The first-order valence-corrected chi connectivity index (χ1v) is 12.4. The molecule has 0 spiro atoms. The fourth-order valence-electron chi connectivity index (χ4n) is 3.89. The third-order valence-corrected chi connectivity index (χ3v) is 8.98. The zero-order chi connectivity index (χ0) is 20.3. The summed E-state index contributed by atoms with van der Waals surface area (Å²) in [6.07, 6.45) is 8.17. The lowest BCUT2D eigenvalue weighted by atomic mass is 9.80. The largest absolute Gasteiger partial charge is 0.288 e. The highest BCUT2D eigenvalue weighted by Gasteiger charge is 2.27. The van der Waals surface area contributed by atoms with Gasteiger partial charge in [-0.15, -0.1) is 0 Å². The van der Waals surface area contributed by atoms with Crippen LogP contribution >= 0.6 is 23.2 Å². The quantitative estimate of drug-likeness (QED) is 0.548. The van der Waals surface area contributed by atoms with E-state index < -0.39 is 9.84 Å². The molecule has 1 saturated carbocycles. The van der Waals surface area contributed by atoms with E-state index in [4.69, 9.17) is 23.2 Å². The maximum atomic E-state index is 12.1. The Bertz CT molecular complexity index is 884. The van der Waals surface area contributed by atoms with Crippen molar-refractivity contribution in [2.75, 3.05) is 5.75 Å². The fourth-order valence-corrected chi connectivity index (χ4v) is 5.59. The van der Waals surface area contributed by atoms with E-state index >= 15 is 0 Å². The normalized spacial score (nSPS) is 20.6. The van der Waals surface area contributed by atoms with Crippen LogP contribution in [0.3, 0.4) is 0 Å². The molecule has 0 saturated heterocycles. The van der Waals surface area contributed by atoms with Crippen LogP contribution in [-0.2, 0) is 16.3 Å². The van der Waals surface area contributed by atoms with Gasteiger partial charge in [0.2, 0.25) is 0 Å². The Morgan fingerprint density at radius 1 is 1.07 bits per heavy atom. The smallest absolute Gasteiger partial charge is 0.166 e. The molecule has 0 amide bonds. The van der Waals surface area contributed by atoms with Gasteiger partial charge in [-0.05, 0) is 69.1 Å². The number of sulfone groups is 1. The second-order valence-electron chi connectivity index (χ2n) is 8.17. The molecule has 154 valence electrons. The molecule has 0 N–H and O–H groups in total. The number of aromatic nitrogens is 2. The summed E-state index contributed by atoms with van der Waals surface area (Å²) in [5.74, 6) is 1.40. The molecule has 1 heterocycles. The van der Waals surface area contributed by atoms with Crippen LogP contribution in [-0.4, -0.2) is 29.0 Å². The summed E-state index contributed by atoms with van der Waals surface area (Å²) in [7, 11) is -2.92. The SMILES string of the molecule is CC(C)S(=O)(=O)CC1CCC(CCc2ccc(-n3cnc(Cl)c3Cl)cc2)CC1. The molecule has 1 aromatic heterocycles. The second-order valence-corrected chi connectivity index (χ2v) is 11.5. The van der Waals surface area contributed by atoms with E-state index in [2.05, 4.69) is 17.1 Å². The van der Waals surface area contributed by atoms with Crippen LogP contribution in [0.25, 0.3) is 5.69 Å². The molecule has 1 fully saturated rings. The zero-order valence-corrected chi connectivity index (χ0v) is 18.8. The average Bonchev–Trinajstić information content (AvgIpc) is 3.00. The molecular weight excluding hydrogens is 415 g/mol. The summed E-state index contributed by atoms with van der Waals surface area (Å²) >= 11 is 12.1. The molecule has 1 aliphatic rings. The van der Waals surface area contributed by atoms with E-state index in [9.17, 15) is 8.42 Å². The zero-order valence-electron chi connectivity index (χ0n) is 16.4. The molecule has 0 atom stereocenters. The van der Waals surface area contributed by atoms with Gasteiger partial charge in [-0.2, -0.15) is 0 Å². The van der Waals surface area contributed by atoms with E-state index in [1.54, 1.807) is 24.7 Å². The van der Waals surface area contributed by atoms with Crippen LogP contribution in [0.15, 0.2) is 30.6 Å². The number of halogens is 2. The second kappa shape index (κ2) is 9.19. The van der Waals surface area contributed by atoms with Crippen molar-refractivity contribution >= 4 is 33.0 Å². The predicted molar refractivity (Wildman–Crippen MR) is 116 cm³/mol. The average molecular weight is 443 g/mol. The van der Waals surface area contributed by atoms with Gasteiger partial charge in [0, 0.05) is 5.69 Å². The first-order chi connectivity index (χ1) is 13.3. The standard InChI is InChI=1S/C21H28Cl2N2O2S/c1-15(2)28(26,27)13-18-7-5-16(6-8-18)3-4-17-9-11-19(12-10-17)25-14-24-20(22)21(25)23/h9-12,14-16,18H,3-8,13H2,1-2H3.